The van der Waals surface area contributed by atoms with Gasteiger partial charge < -0.3 is 15.4 Å². The van der Waals surface area contributed by atoms with Gasteiger partial charge in [0.1, 0.15) is 17.2 Å². The third kappa shape index (κ3) is 6.14. The number of esters is 1. The molecule has 8 nitrogen and oxygen atoms in total. The number of benzene rings is 3. The molecule has 0 saturated heterocycles. The van der Waals surface area contributed by atoms with Crippen LogP contribution in [0, 0.1) is 11.6 Å². The summed E-state index contributed by atoms with van der Waals surface area (Å²) >= 11 is 6.29. The number of ether oxygens (including phenoxy) is 1. The number of hydrogen-bond acceptors (Lipinski definition) is 5. The average Bonchev–Trinajstić information content (AvgIpc) is 3.44. The smallest absolute Gasteiger partial charge is 0.459 e. The SMILES string of the molecule is Cn1nc2c3c(c(NC(=O)c4cc(F)cc(C(F)(F)F)c4)cc2c1CCOC(=O)C(F)(F)F)C(c1cc(F)ccc1Cl)NC3=O. The van der Waals surface area contributed by atoms with Gasteiger partial charge in [-0.15, -0.1) is 0 Å². The van der Waals surface area contributed by atoms with E-state index in [1.165, 1.54) is 23.9 Å². The normalized spacial score (nSPS) is 14.8. The Hall–Kier alpha value is -4.73. The van der Waals surface area contributed by atoms with E-state index in [2.05, 4.69) is 20.5 Å². The molecule has 2 N–H and O–H groups in total. The maximum absolute atomic E-state index is 14.2. The predicted molar refractivity (Wildman–Crippen MR) is 142 cm³/mol. The molecule has 1 aromatic heterocycles. The van der Waals surface area contributed by atoms with E-state index in [9.17, 15) is 49.5 Å². The Morgan fingerprint density at radius 2 is 1.76 bits per heavy atom. The van der Waals surface area contributed by atoms with Crippen molar-refractivity contribution in [2.45, 2.75) is 24.8 Å². The van der Waals surface area contributed by atoms with Gasteiger partial charge in [0.05, 0.1) is 23.8 Å². The summed E-state index contributed by atoms with van der Waals surface area (Å²) in [4.78, 5) is 37.7. The van der Waals surface area contributed by atoms with Crippen LogP contribution in [0.1, 0.15) is 49.1 Å². The largest absolute Gasteiger partial charge is 0.490 e. The number of fused-ring (bicyclic) bond motifs is 3. The highest BCUT2D eigenvalue weighted by Gasteiger charge is 2.41. The van der Waals surface area contributed by atoms with Gasteiger partial charge in [0.2, 0.25) is 0 Å². The summed E-state index contributed by atoms with van der Waals surface area (Å²) in [6.45, 7) is -0.761. The van der Waals surface area contributed by atoms with Crippen molar-refractivity contribution in [2.75, 3.05) is 11.9 Å². The van der Waals surface area contributed by atoms with Gasteiger partial charge in [-0.2, -0.15) is 31.4 Å². The number of rotatable bonds is 6. The Labute approximate surface area is 251 Å². The third-order valence-corrected chi connectivity index (χ3v) is 7.24. The number of nitrogens with zero attached hydrogens (tertiary/aromatic N) is 2. The molecule has 1 aliphatic heterocycles. The predicted octanol–water partition coefficient (Wildman–Crippen LogP) is 6.26. The van der Waals surface area contributed by atoms with E-state index in [1.807, 2.05) is 0 Å². The fraction of sp³-hybridized carbons (Fsp3) is 0.214. The molecular weight excluding hydrogens is 644 g/mol. The first kappa shape index (κ1) is 31.7. The number of carbonyl (C=O) groups excluding carboxylic acids is 3. The topological polar surface area (TPSA) is 102 Å². The molecule has 45 heavy (non-hydrogen) atoms. The van der Waals surface area contributed by atoms with Crippen LogP contribution in [0.3, 0.4) is 0 Å². The summed E-state index contributed by atoms with van der Waals surface area (Å²) < 4.78 is 112. The minimum absolute atomic E-state index is 0.0000587. The maximum atomic E-state index is 14.2. The average molecular weight is 661 g/mol. The number of halogens is 9. The minimum atomic E-state index is -5.25. The quantitative estimate of drug-likeness (QED) is 0.188. The lowest BCUT2D eigenvalue weighted by Crippen LogP contribution is -2.26. The molecule has 17 heteroatoms. The second kappa shape index (κ2) is 11.3. The van der Waals surface area contributed by atoms with Crippen LogP contribution in [-0.2, 0) is 29.2 Å². The van der Waals surface area contributed by atoms with Crippen molar-refractivity contribution in [3.8, 4) is 0 Å². The van der Waals surface area contributed by atoms with Crippen LogP contribution >= 0.6 is 11.6 Å². The summed E-state index contributed by atoms with van der Waals surface area (Å²) in [5.74, 6) is -6.55. The second-order valence-corrected chi connectivity index (χ2v) is 10.2. The Morgan fingerprint density at radius 1 is 1.04 bits per heavy atom. The zero-order valence-electron chi connectivity index (χ0n) is 22.5. The molecule has 236 valence electrons. The highest BCUT2D eigenvalue weighted by Crippen LogP contribution is 2.43. The van der Waals surface area contributed by atoms with Crippen molar-refractivity contribution in [1.82, 2.24) is 15.1 Å². The van der Waals surface area contributed by atoms with Crippen molar-refractivity contribution in [2.24, 2.45) is 7.05 Å². The van der Waals surface area contributed by atoms with Gasteiger partial charge in [-0.3, -0.25) is 14.3 Å². The number of hydrogen-bond donors (Lipinski definition) is 2. The zero-order chi connectivity index (χ0) is 33.0. The van der Waals surface area contributed by atoms with Crippen molar-refractivity contribution >= 4 is 46.0 Å². The van der Waals surface area contributed by atoms with Crippen molar-refractivity contribution in [3.05, 3.63) is 92.6 Å². The summed E-state index contributed by atoms with van der Waals surface area (Å²) in [5, 5.41) is 9.33. The summed E-state index contributed by atoms with van der Waals surface area (Å²) in [7, 11) is 1.38. The van der Waals surface area contributed by atoms with E-state index in [4.69, 9.17) is 11.6 Å². The van der Waals surface area contributed by atoms with E-state index >= 15 is 0 Å². The van der Waals surface area contributed by atoms with Crippen LogP contribution < -0.4 is 10.6 Å². The molecule has 0 spiro atoms. The molecule has 2 amide bonds. The van der Waals surface area contributed by atoms with Crippen LogP contribution in [0.4, 0.5) is 40.8 Å². The number of alkyl halides is 6. The fourth-order valence-electron chi connectivity index (χ4n) is 4.97. The summed E-state index contributed by atoms with van der Waals surface area (Å²) in [6, 6.07) is 4.45. The number of anilines is 1. The molecule has 4 aromatic rings. The van der Waals surface area contributed by atoms with Crippen LogP contribution in [-0.4, -0.2) is 40.3 Å². The monoisotopic (exact) mass is 660 g/mol. The van der Waals surface area contributed by atoms with E-state index in [0.29, 0.717) is 12.1 Å². The van der Waals surface area contributed by atoms with Gasteiger partial charge in [-0.1, -0.05) is 11.6 Å². The van der Waals surface area contributed by atoms with E-state index in [-0.39, 0.29) is 56.5 Å². The first-order chi connectivity index (χ1) is 21.0. The Kier molecular flexibility index (Phi) is 7.97. The first-order valence-corrected chi connectivity index (χ1v) is 13.0. The number of aromatic nitrogens is 2. The molecule has 0 radical (unpaired) electrons. The minimum Gasteiger partial charge on any atom is -0.459 e. The van der Waals surface area contributed by atoms with Crippen LogP contribution in [0.5, 0.6) is 0 Å². The lowest BCUT2D eigenvalue weighted by Gasteiger charge is -2.18. The summed E-state index contributed by atoms with van der Waals surface area (Å²) in [6.07, 6.45) is -10.6. The highest BCUT2D eigenvalue weighted by atomic mass is 35.5. The number of aryl methyl sites for hydroxylation is 1. The van der Waals surface area contributed by atoms with Crippen LogP contribution in [0.25, 0.3) is 10.9 Å². The molecule has 1 atom stereocenters. The molecule has 3 aromatic carbocycles. The molecule has 5 rings (SSSR count). The molecule has 0 bridgehead atoms. The molecule has 1 unspecified atom stereocenters. The van der Waals surface area contributed by atoms with Crippen molar-refractivity contribution in [3.63, 3.8) is 0 Å². The van der Waals surface area contributed by atoms with Gasteiger partial charge in [0.15, 0.2) is 0 Å². The maximum Gasteiger partial charge on any atom is 0.490 e. The lowest BCUT2D eigenvalue weighted by atomic mass is 9.93. The third-order valence-electron chi connectivity index (χ3n) is 6.89. The Morgan fingerprint density at radius 3 is 2.42 bits per heavy atom. The number of amides is 2. The van der Waals surface area contributed by atoms with Gasteiger partial charge in [0, 0.05) is 51.9 Å². The molecule has 0 aliphatic carbocycles. The molecule has 0 fully saturated rings. The van der Waals surface area contributed by atoms with Gasteiger partial charge in [-0.25, -0.2) is 13.6 Å². The molecule has 1 aliphatic rings. The van der Waals surface area contributed by atoms with E-state index < -0.39 is 65.5 Å². The summed E-state index contributed by atoms with van der Waals surface area (Å²) in [5.41, 5.74) is -2.42. The molecule has 0 saturated carbocycles. The Balaban J connectivity index is 1.65. The molecule has 2 heterocycles. The number of carbonyl (C=O) groups is 3. The lowest BCUT2D eigenvalue weighted by molar-refractivity contribution is -0.199. The van der Waals surface area contributed by atoms with Crippen molar-refractivity contribution in [1.29, 1.82) is 0 Å². The standard InChI is InChI=1S/C28H17ClF8N4O4/c1-41-19(4-5-45-26(44)28(35,36)37)16-10-18(38-24(42)11-6-12(27(32,33)34)8-14(31)7-11)20-21(23(16)40-41)25(43)39-22(20)15-9-13(30)2-3-17(15)29/h2-3,6-10,22H,4-5H2,1H3,(H,38,42)(H,39,43). The Bertz CT molecular complexity index is 1890. The van der Waals surface area contributed by atoms with Gasteiger partial charge >= 0.3 is 18.3 Å². The highest BCUT2D eigenvalue weighted by molar-refractivity contribution is 6.31. The van der Waals surface area contributed by atoms with Gasteiger partial charge in [-0.05, 0) is 42.5 Å². The zero-order valence-corrected chi connectivity index (χ0v) is 23.2. The van der Waals surface area contributed by atoms with Crippen molar-refractivity contribution < 1.29 is 54.2 Å². The first-order valence-electron chi connectivity index (χ1n) is 12.7. The van der Waals surface area contributed by atoms with Gasteiger partial charge in [0.25, 0.3) is 11.8 Å². The van der Waals surface area contributed by atoms with Crippen LogP contribution in [0.2, 0.25) is 5.02 Å². The van der Waals surface area contributed by atoms with E-state index in [1.54, 1.807) is 0 Å². The fourth-order valence-corrected chi connectivity index (χ4v) is 5.20. The van der Waals surface area contributed by atoms with Crippen LogP contribution in [0.15, 0.2) is 42.5 Å². The molecular formula is C28H17ClF8N4O4. The number of nitrogens with one attached hydrogen (secondary N) is 2. The van der Waals surface area contributed by atoms with E-state index in [0.717, 1.165) is 12.1 Å². The second-order valence-electron chi connectivity index (χ2n) is 9.82.